The van der Waals surface area contributed by atoms with Gasteiger partial charge in [-0.25, -0.2) is 4.68 Å². The van der Waals surface area contributed by atoms with E-state index in [1.165, 1.54) is 0 Å². The first kappa shape index (κ1) is 15.4. The van der Waals surface area contributed by atoms with Crippen LogP contribution in [0.5, 0.6) is 0 Å². The van der Waals surface area contributed by atoms with Crippen LogP contribution in [0, 0.1) is 6.92 Å². The Morgan fingerprint density at radius 3 is 2.65 bits per heavy atom. The second-order valence-corrected chi connectivity index (χ2v) is 5.48. The maximum Gasteiger partial charge on any atom is 0.244 e. The molecule has 122 valence electrons. The zero-order valence-electron chi connectivity index (χ0n) is 13.3. The number of carbonyl (C=O) groups excluding carboxylic acids is 1. The van der Waals surface area contributed by atoms with Gasteiger partial charge in [-0.3, -0.25) is 4.79 Å². The summed E-state index contributed by atoms with van der Waals surface area (Å²) in [6.45, 7) is 6.19. The molecule has 1 aliphatic heterocycles. The number of aryl methyl sites for hydroxylation is 1. The molecule has 1 aliphatic rings. The Balaban J connectivity index is 1.62. The molecule has 8 heteroatoms. The first-order chi connectivity index (χ1) is 11.1. The fourth-order valence-electron chi connectivity index (χ4n) is 2.41. The van der Waals surface area contributed by atoms with E-state index in [0.717, 1.165) is 5.69 Å². The third-order valence-electron chi connectivity index (χ3n) is 3.67. The zero-order chi connectivity index (χ0) is 16.2. The van der Waals surface area contributed by atoms with Crippen LogP contribution in [0.4, 0.5) is 5.82 Å². The normalized spacial score (nSPS) is 16.2. The molecule has 8 nitrogen and oxygen atoms in total. The van der Waals surface area contributed by atoms with Crippen molar-refractivity contribution in [3.63, 3.8) is 0 Å². The third kappa shape index (κ3) is 3.65. The Morgan fingerprint density at radius 1 is 1.26 bits per heavy atom. The number of amides is 1. The SMILES string of the molecule is Cc1ccn(-c2ccc(NC(C)C(=O)N3CCOCC3)nn2)n1. The number of carbonyl (C=O) groups is 1. The summed E-state index contributed by atoms with van der Waals surface area (Å²) in [6, 6.07) is 5.15. The topological polar surface area (TPSA) is 85.2 Å². The summed E-state index contributed by atoms with van der Waals surface area (Å²) in [4.78, 5) is 14.1. The predicted molar refractivity (Wildman–Crippen MR) is 84.4 cm³/mol. The van der Waals surface area contributed by atoms with E-state index in [1.807, 2.05) is 32.2 Å². The molecule has 1 unspecified atom stereocenters. The summed E-state index contributed by atoms with van der Waals surface area (Å²) in [5.41, 5.74) is 0.915. The van der Waals surface area contributed by atoms with Gasteiger partial charge in [-0.1, -0.05) is 0 Å². The van der Waals surface area contributed by atoms with Gasteiger partial charge in [0.05, 0.1) is 18.9 Å². The van der Waals surface area contributed by atoms with Crippen LogP contribution in [0.1, 0.15) is 12.6 Å². The lowest BCUT2D eigenvalue weighted by Gasteiger charge is -2.29. The summed E-state index contributed by atoms with van der Waals surface area (Å²) in [5.74, 6) is 1.24. The number of aromatic nitrogens is 4. The smallest absolute Gasteiger partial charge is 0.244 e. The van der Waals surface area contributed by atoms with E-state index in [0.29, 0.717) is 37.9 Å². The Labute approximate surface area is 134 Å². The highest BCUT2D eigenvalue weighted by molar-refractivity contribution is 5.84. The first-order valence-corrected chi connectivity index (χ1v) is 7.63. The molecule has 0 aliphatic carbocycles. The number of ether oxygens (including phenoxy) is 1. The van der Waals surface area contributed by atoms with Crippen molar-refractivity contribution in [2.45, 2.75) is 19.9 Å². The van der Waals surface area contributed by atoms with Crippen molar-refractivity contribution in [1.82, 2.24) is 24.9 Å². The van der Waals surface area contributed by atoms with Crippen LogP contribution < -0.4 is 5.32 Å². The van der Waals surface area contributed by atoms with Crippen LogP contribution in [-0.4, -0.2) is 63.1 Å². The standard InChI is InChI=1S/C15H20N6O2/c1-11-5-6-21(19-11)14-4-3-13(17-18-14)16-12(2)15(22)20-7-9-23-10-8-20/h3-6,12H,7-10H2,1-2H3,(H,16,17). The highest BCUT2D eigenvalue weighted by Gasteiger charge is 2.22. The number of nitrogens with zero attached hydrogens (tertiary/aromatic N) is 5. The van der Waals surface area contributed by atoms with Crippen LogP contribution in [0.15, 0.2) is 24.4 Å². The van der Waals surface area contributed by atoms with Crippen LogP contribution in [-0.2, 0) is 9.53 Å². The Morgan fingerprint density at radius 2 is 2.04 bits per heavy atom. The fraction of sp³-hybridized carbons (Fsp3) is 0.467. The van der Waals surface area contributed by atoms with Crippen molar-refractivity contribution in [3.05, 3.63) is 30.1 Å². The van der Waals surface area contributed by atoms with Crippen molar-refractivity contribution >= 4 is 11.7 Å². The summed E-state index contributed by atoms with van der Waals surface area (Å²) < 4.78 is 6.92. The summed E-state index contributed by atoms with van der Waals surface area (Å²) in [5, 5.41) is 15.6. The van der Waals surface area contributed by atoms with Crippen molar-refractivity contribution < 1.29 is 9.53 Å². The number of anilines is 1. The average Bonchev–Trinajstić information content (AvgIpc) is 3.02. The molecule has 2 aromatic heterocycles. The Hall–Kier alpha value is -2.48. The second kappa shape index (κ2) is 6.74. The molecule has 1 atom stereocenters. The van der Waals surface area contributed by atoms with Crippen LogP contribution >= 0.6 is 0 Å². The van der Waals surface area contributed by atoms with Gasteiger partial charge >= 0.3 is 0 Å². The highest BCUT2D eigenvalue weighted by Crippen LogP contribution is 2.09. The van der Waals surface area contributed by atoms with E-state index in [1.54, 1.807) is 15.6 Å². The average molecular weight is 316 g/mol. The molecule has 3 heterocycles. The summed E-state index contributed by atoms with van der Waals surface area (Å²) in [7, 11) is 0. The number of hydrogen-bond donors (Lipinski definition) is 1. The number of nitrogens with one attached hydrogen (secondary N) is 1. The molecule has 0 bridgehead atoms. The molecule has 23 heavy (non-hydrogen) atoms. The molecular formula is C15H20N6O2. The van der Waals surface area contributed by atoms with Gasteiger partial charge in [0, 0.05) is 19.3 Å². The Bertz CT molecular complexity index is 663. The second-order valence-electron chi connectivity index (χ2n) is 5.48. The molecular weight excluding hydrogens is 296 g/mol. The molecule has 0 spiro atoms. The van der Waals surface area contributed by atoms with Crippen LogP contribution in [0.2, 0.25) is 0 Å². The molecule has 1 saturated heterocycles. The van der Waals surface area contributed by atoms with Gasteiger partial charge in [-0.15, -0.1) is 10.2 Å². The fourth-order valence-corrected chi connectivity index (χ4v) is 2.41. The largest absolute Gasteiger partial charge is 0.378 e. The molecule has 0 saturated carbocycles. The molecule has 1 fully saturated rings. The van der Waals surface area contributed by atoms with Gasteiger partial charge in [0.1, 0.15) is 11.9 Å². The van der Waals surface area contributed by atoms with E-state index < -0.39 is 0 Å². The maximum absolute atomic E-state index is 12.3. The van der Waals surface area contributed by atoms with E-state index >= 15 is 0 Å². The van der Waals surface area contributed by atoms with E-state index in [-0.39, 0.29) is 11.9 Å². The summed E-state index contributed by atoms with van der Waals surface area (Å²) >= 11 is 0. The van der Waals surface area contributed by atoms with Gasteiger partial charge < -0.3 is 15.0 Å². The zero-order valence-corrected chi connectivity index (χ0v) is 13.3. The van der Waals surface area contributed by atoms with Gasteiger partial charge in [-0.2, -0.15) is 5.10 Å². The van der Waals surface area contributed by atoms with E-state index in [9.17, 15) is 4.79 Å². The lowest BCUT2D eigenvalue weighted by atomic mass is 10.2. The predicted octanol–water partition coefficient (Wildman–Crippen LogP) is 0.630. The van der Waals surface area contributed by atoms with Gasteiger partial charge in [0.15, 0.2) is 5.82 Å². The van der Waals surface area contributed by atoms with Gasteiger partial charge in [-0.05, 0) is 32.0 Å². The molecule has 1 N–H and O–H groups in total. The molecule has 0 radical (unpaired) electrons. The quantitative estimate of drug-likeness (QED) is 0.890. The van der Waals surface area contributed by atoms with Gasteiger partial charge in [0.25, 0.3) is 0 Å². The van der Waals surface area contributed by atoms with E-state index in [4.69, 9.17) is 4.74 Å². The lowest BCUT2D eigenvalue weighted by molar-refractivity contribution is -0.135. The van der Waals surface area contributed by atoms with Gasteiger partial charge in [0.2, 0.25) is 5.91 Å². The molecule has 2 aromatic rings. The minimum absolute atomic E-state index is 0.0434. The Kier molecular flexibility index (Phi) is 4.52. The minimum Gasteiger partial charge on any atom is -0.378 e. The number of rotatable bonds is 4. The minimum atomic E-state index is -0.361. The highest BCUT2D eigenvalue weighted by atomic mass is 16.5. The van der Waals surface area contributed by atoms with Crippen molar-refractivity contribution in [2.24, 2.45) is 0 Å². The van der Waals surface area contributed by atoms with Crippen LogP contribution in [0.25, 0.3) is 5.82 Å². The first-order valence-electron chi connectivity index (χ1n) is 7.63. The molecule has 0 aromatic carbocycles. The maximum atomic E-state index is 12.3. The summed E-state index contributed by atoms with van der Waals surface area (Å²) in [6.07, 6.45) is 1.83. The molecule has 3 rings (SSSR count). The van der Waals surface area contributed by atoms with Crippen molar-refractivity contribution in [3.8, 4) is 5.82 Å². The number of hydrogen-bond acceptors (Lipinski definition) is 6. The van der Waals surface area contributed by atoms with E-state index in [2.05, 4.69) is 20.6 Å². The lowest BCUT2D eigenvalue weighted by Crippen LogP contribution is -2.47. The van der Waals surface area contributed by atoms with Crippen molar-refractivity contribution in [1.29, 1.82) is 0 Å². The van der Waals surface area contributed by atoms with Crippen LogP contribution in [0.3, 0.4) is 0 Å². The third-order valence-corrected chi connectivity index (χ3v) is 3.67. The van der Waals surface area contributed by atoms with Crippen molar-refractivity contribution in [2.75, 3.05) is 31.6 Å². The monoisotopic (exact) mass is 316 g/mol. The molecule has 1 amide bonds. The number of morpholine rings is 1.